The van der Waals surface area contributed by atoms with Crippen molar-refractivity contribution in [3.63, 3.8) is 0 Å². The second-order valence-electron chi connectivity index (χ2n) is 6.63. The van der Waals surface area contributed by atoms with Crippen molar-refractivity contribution in [3.05, 3.63) is 60.1 Å². The quantitative estimate of drug-likeness (QED) is 0.711. The van der Waals surface area contributed by atoms with E-state index >= 15 is 0 Å². The molecule has 0 unspecified atom stereocenters. The molecule has 3 aromatic rings. The van der Waals surface area contributed by atoms with Gasteiger partial charge >= 0.3 is 0 Å². The van der Waals surface area contributed by atoms with Crippen LogP contribution in [-0.2, 0) is 13.1 Å². The first-order valence-corrected chi connectivity index (χ1v) is 8.61. The summed E-state index contributed by atoms with van der Waals surface area (Å²) < 4.78 is 20.9. The van der Waals surface area contributed by atoms with Crippen LogP contribution in [0, 0.1) is 12.7 Å². The molecule has 1 aliphatic rings. The summed E-state index contributed by atoms with van der Waals surface area (Å²) >= 11 is 0. The van der Waals surface area contributed by atoms with Gasteiger partial charge in [-0.2, -0.15) is 5.10 Å². The first kappa shape index (κ1) is 16.0. The monoisotopic (exact) mass is 340 g/mol. The van der Waals surface area contributed by atoms with Gasteiger partial charge in [-0.05, 0) is 56.1 Å². The normalized spacial score (nSPS) is 18.1. The number of likely N-dealkylation sites (tertiary alicyclic amines) is 1. The molecule has 130 valence electrons. The Hall–Kier alpha value is -2.47. The molecule has 0 aliphatic carbocycles. The Labute approximate surface area is 146 Å². The highest BCUT2D eigenvalue weighted by Gasteiger charge is 2.26. The smallest absolute Gasteiger partial charge is 0.209 e. The predicted molar refractivity (Wildman–Crippen MR) is 92.3 cm³/mol. The molecule has 1 fully saturated rings. The Morgan fingerprint density at radius 1 is 1.24 bits per heavy atom. The Bertz CT molecular complexity index is 839. The van der Waals surface area contributed by atoms with E-state index in [1.54, 1.807) is 18.3 Å². The van der Waals surface area contributed by atoms with Gasteiger partial charge in [-0.25, -0.2) is 9.37 Å². The van der Waals surface area contributed by atoms with Gasteiger partial charge in [0.2, 0.25) is 5.89 Å². The number of halogens is 1. The highest BCUT2D eigenvalue weighted by atomic mass is 19.1. The van der Waals surface area contributed by atoms with Crippen LogP contribution in [0.1, 0.15) is 24.3 Å². The minimum Gasteiger partial charge on any atom is -0.439 e. The average Bonchev–Trinajstić information content (AvgIpc) is 3.32. The highest BCUT2D eigenvalue weighted by molar-refractivity contribution is 5.55. The molecule has 0 saturated carbocycles. The van der Waals surface area contributed by atoms with E-state index in [1.807, 2.05) is 10.9 Å². The molecule has 0 N–H and O–H groups in total. The topological polar surface area (TPSA) is 47.1 Å². The number of hydrogen-bond acceptors (Lipinski definition) is 4. The Balaban J connectivity index is 1.43. The van der Waals surface area contributed by atoms with Gasteiger partial charge in [-0.15, -0.1) is 0 Å². The van der Waals surface area contributed by atoms with E-state index in [0.29, 0.717) is 24.2 Å². The van der Waals surface area contributed by atoms with Crippen molar-refractivity contribution in [3.8, 4) is 11.3 Å². The lowest BCUT2D eigenvalue weighted by Gasteiger charge is -2.22. The maximum absolute atomic E-state index is 13.0. The summed E-state index contributed by atoms with van der Waals surface area (Å²) in [6, 6.07) is 6.72. The summed E-state index contributed by atoms with van der Waals surface area (Å²) in [6.07, 6.45) is 8.02. The lowest BCUT2D eigenvalue weighted by Crippen LogP contribution is -2.32. The van der Waals surface area contributed by atoms with E-state index in [4.69, 9.17) is 4.42 Å². The maximum Gasteiger partial charge on any atom is 0.209 e. The van der Waals surface area contributed by atoms with Crippen molar-refractivity contribution in [2.75, 3.05) is 6.54 Å². The zero-order valence-corrected chi connectivity index (χ0v) is 14.2. The minimum atomic E-state index is -0.253. The minimum absolute atomic E-state index is 0.253. The summed E-state index contributed by atoms with van der Waals surface area (Å²) in [7, 11) is 0. The fourth-order valence-electron chi connectivity index (χ4n) is 3.40. The van der Waals surface area contributed by atoms with Gasteiger partial charge in [-0.3, -0.25) is 9.58 Å². The van der Waals surface area contributed by atoms with Crippen molar-refractivity contribution in [2.24, 2.45) is 0 Å². The third kappa shape index (κ3) is 3.64. The van der Waals surface area contributed by atoms with Crippen molar-refractivity contribution in [2.45, 2.75) is 38.9 Å². The number of rotatable bonds is 5. The standard InChI is InChI=1S/C19H21FN4O/c1-14-9-22-24(11-14)12-17-3-2-8-23(17)13-19-21-10-18(25-19)15-4-6-16(20)7-5-15/h4-7,9-11,17H,2-3,8,12-13H2,1H3/t17-/m1/s1. The van der Waals surface area contributed by atoms with Crippen LogP contribution in [0.4, 0.5) is 4.39 Å². The van der Waals surface area contributed by atoms with Gasteiger partial charge < -0.3 is 4.42 Å². The van der Waals surface area contributed by atoms with Crippen LogP contribution in [0.25, 0.3) is 11.3 Å². The molecule has 6 heteroatoms. The molecule has 0 spiro atoms. The molecule has 1 atom stereocenters. The summed E-state index contributed by atoms with van der Waals surface area (Å²) in [5.41, 5.74) is 2.02. The fraction of sp³-hybridized carbons (Fsp3) is 0.368. The van der Waals surface area contributed by atoms with Gasteiger partial charge in [0.05, 0.1) is 25.5 Å². The third-order valence-electron chi connectivity index (χ3n) is 4.68. The van der Waals surface area contributed by atoms with E-state index in [2.05, 4.69) is 28.1 Å². The Morgan fingerprint density at radius 2 is 2.08 bits per heavy atom. The van der Waals surface area contributed by atoms with Gasteiger partial charge in [-0.1, -0.05) is 0 Å². The van der Waals surface area contributed by atoms with Crippen molar-refractivity contribution in [1.82, 2.24) is 19.7 Å². The molecule has 2 aromatic heterocycles. The van der Waals surface area contributed by atoms with E-state index in [9.17, 15) is 4.39 Å². The SMILES string of the molecule is Cc1cnn(C[C@H]2CCCN2Cc2ncc(-c3ccc(F)cc3)o2)c1. The Kier molecular flexibility index (Phi) is 4.36. The van der Waals surface area contributed by atoms with Crippen molar-refractivity contribution >= 4 is 0 Å². The average molecular weight is 340 g/mol. The van der Waals surface area contributed by atoms with Crippen molar-refractivity contribution < 1.29 is 8.81 Å². The first-order valence-electron chi connectivity index (χ1n) is 8.61. The van der Waals surface area contributed by atoms with E-state index < -0.39 is 0 Å². The molecule has 25 heavy (non-hydrogen) atoms. The molecule has 0 amide bonds. The van der Waals surface area contributed by atoms with E-state index in [-0.39, 0.29) is 5.82 Å². The fourth-order valence-corrected chi connectivity index (χ4v) is 3.40. The molecule has 0 radical (unpaired) electrons. The second kappa shape index (κ2) is 6.80. The Morgan fingerprint density at radius 3 is 2.84 bits per heavy atom. The van der Waals surface area contributed by atoms with Gasteiger partial charge in [0.15, 0.2) is 5.76 Å². The lowest BCUT2D eigenvalue weighted by molar-refractivity contribution is 0.200. The molecule has 5 nitrogen and oxygen atoms in total. The summed E-state index contributed by atoms with van der Waals surface area (Å²) in [4.78, 5) is 6.80. The van der Waals surface area contributed by atoms with Gasteiger partial charge in [0.25, 0.3) is 0 Å². The molecular formula is C19H21FN4O. The maximum atomic E-state index is 13.0. The van der Waals surface area contributed by atoms with Crippen LogP contribution in [-0.4, -0.2) is 32.3 Å². The predicted octanol–water partition coefficient (Wildman–Crippen LogP) is 3.65. The summed E-state index contributed by atoms with van der Waals surface area (Å²) in [5, 5.41) is 4.39. The van der Waals surface area contributed by atoms with Crippen LogP contribution < -0.4 is 0 Å². The van der Waals surface area contributed by atoms with Crippen LogP contribution in [0.5, 0.6) is 0 Å². The van der Waals surface area contributed by atoms with Crippen LogP contribution in [0.15, 0.2) is 47.3 Å². The molecule has 4 rings (SSSR count). The lowest BCUT2D eigenvalue weighted by atomic mass is 10.2. The number of aromatic nitrogens is 3. The van der Waals surface area contributed by atoms with Crippen molar-refractivity contribution in [1.29, 1.82) is 0 Å². The number of aryl methyl sites for hydroxylation is 1. The number of nitrogens with zero attached hydrogens (tertiary/aromatic N) is 4. The molecule has 3 heterocycles. The van der Waals surface area contributed by atoms with Gasteiger partial charge in [0, 0.05) is 17.8 Å². The third-order valence-corrected chi connectivity index (χ3v) is 4.68. The van der Waals surface area contributed by atoms with E-state index in [1.165, 1.54) is 24.1 Å². The molecule has 1 saturated heterocycles. The van der Waals surface area contributed by atoms with Crippen LogP contribution >= 0.6 is 0 Å². The molecular weight excluding hydrogens is 319 g/mol. The zero-order valence-electron chi connectivity index (χ0n) is 14.2. The number of oxazole rings is 1. The number of hydrogen-bond donors (Lipinski definition) is 0. The number of benzene rings is 1. The highest BCUT2D eigenvalue weighted by Crippen LogP contribution is 2.24. The summed E-state index contributed by atoms with van der Waals surface area (Å²) in [5.74, 6) is 1.12. The largest absolute Gasteiger partial charge is 0.439 e. The molecule has 0 bridgehead atoms. The van der Waals surface area contributed by atoms with Crippen LogP contribution in [0.2, 0.25) is 0 Å². The van der Waals surface area contributed by atoms with Crippen LogP contribution in [0.3, 0.4) is 0 Å². The zero-order chi connectivity index (χ0) is 17.2. The first-order chi connectivity index (χ1) is 12.2. The van der Waals surface area contributed by atoms with E-state index in [0.717, 1.165) is 25.1 Å². The van der Waals surface area contributed by atoms with Gasteiger partial charge in [0.1, 0.15) is 5.82 Å². The molecule has 1 aliphatic heterocycles. The summed E-state index contributed by atoms with van der Waals surface area (Å²) in [6.45, 7) is 4.67. The second-order valence-corrected chi connectivity index (χ2v) is 6.63. The molecule has 1 aromatic carbocycles.